The predicted molar refractivity (Wildman–Crippen MR) is 65.2 cm³/mol. The lowest BCUT2D eigenvalue weighted by Crippen LogP contribution is -2.48. The van der Waals surface area contributed by atoms with E-state index in [4.69, 9.17) is 10.6 Å². The second-order valence-electron chi connectivity index (χ2n) is 4.31. The Hall–Kier alpha value is -1.82. The molecule has 18 heavy (non-hydrogen) atoms. The lowest BCUT2D eigenvalue weighted by molar-refractivity contribution is -0.121. The van der Waals surface area contributed by atoms with E-state index in [1.165, 1.54) is 9.96 Å². The topological polar surface area (TPSA) is 75.9 Å². The zero-order chi connectivity index (χ0) is 13.3. The monoisotopic (exact) mass is 251 g/mol. The lowest BCUT2D eigenvalue weighted by Gasteiger charge is -2.28. The maximum atomic E-state index is 12.1. The number of rotatable bonds is 5. The summed E-state index contributed by atoms with van der Waals surface area (Å²) in [6.07, 6.45) is 4.16. The van der Waals surface area contributed by atoms with Crippen molar-refractivity contribution in [2.45, 2.75) is 25.4 Å². The fourth-order valence-corrected chi connectivity index (χ4v) is 2.43. The van der Waals surface area contributed by atoms with Crippen molar-refractivity contribution < 1.29 is 14.4 Å². The Balaban J connectivity index is 2.27. The van der Waals surface area contributed by atoms with Crippen molar-refractivity contribution in [3.8, 4) is 0 Å². The summed E-state index contributed by atoms with van der Waals surface area (Å²) in [7, 11) is 0. The molecule has 2 bridgehead atoms. The largest absolute Gasteiger partial charge is 0.368 e. The number of carbonyl (C=O) groups is 2. The molecule has 1 saturated heterocycles. The van der Waals surface area contributed by atoms with Gasteiger partial charge < -0.3 is 10.6 Å². The summed E-state index contributed by atoms with van der Waals surface area (Å²) in [5, 5.41) is 1.29. The molecular formula is C12H17N3O3. The summed E-state index contributed by atoms with van der Waals surface area (Å²) >= 11 is 0. The first kappa shape index (κ1) is 12.6. The van der Waals surface area contributed by atoms with Gasteiger partial charge in [-0.05, 0) is 12.0 Å². The third-order valence-corrected chi connectivity index (χ3v) is 3.20. The van der Waals surface area contributed by atoms with Crippen LogP contribution in [0.25, 0.3) is 0 Å². The third kappa shape index (κ3) is 1.88. The van der Waals surface area contributed by atoms with Crippen LogP contribution in [0.1, 0.15) is 13.3 Å². The Bertz CT molecular complexity index is 419. The van der Waals surface area contributed by atoms with E-state index < -0.39 is 11.9 Å². The highest BCUT2D eigenvalue weighted by atomic mass is 16.7. The number of fused-ring (bicyclic) bond motifs is 2. The Morgan fingerprint density at radius 2 is 2.44 bits per heavy atom. The van der Waals surface area contributed by atoms with Crippen molar-refractivity contribution in [1.82, 2.24) is 9.96 Å². The number of urea groups is 1. The Kier molecular flexibility index (Phi) is 3.38. The SMILES string of the molecule is C=CCON1C(=O)N2CC1C=C(CC)[C@H]2C(N)=O. The summed E-state index contributed by atoms with van der Waals surface area (Å²) < 4.78 is 0. The van der Waals surface area contributed by atoms with Gasteiger partial charge >= 0.3 is 6.03 Å². The van der Waals surface area contributed by atoms with Gasteiger partial charge in [-0.1, -0.05) is 19.1 Å². The van der Waals surface area contributed by atoms with Crippen molar-refractivity contribution >= 4 is 11.9 Å². The number of hydroxylamine groups is 2. The number of hydrogen-bond donors (Lipinski definition) is 1. The zero-order valence-corrected chi connectivity index (χ0v) is 10.3. The molecule has 1 unspecified atom stereocenters. The van der Waals surface area contributed by atoms with Crippen molar-refractivity contribution in [2.75, 3.05) is 13.2 Å². The van der Waals surface area contributed by atoms with E-state index in [-0.39, 0.29) is 18.7 Å². The molecule has 2 aliphatic heterocycles. The fraction of sp³-hybridized carbons (Fsp3) is 0.500. The number of amides is 3. The van der Waals surface area contributed by atoms with Crippen LogP contribution in [-0.2, 0) is 9.63 Å². The van der Waals surface area contributed by atoms with Crippen molar-refractivity contribution in [1.29, 1.82) is 0 Å². The first-order valence-electron chi connectivity index (χ1n) is 5.93. The number of primary amides is 1. The van der Waals surface area contributed by atoms with E-state index in [2.05, 4.69) is 6.58 Å². The highest BCUT2D eigenvalue weighted by Gasteiger charge is 2.47. The molecule has 98 valence electrons. The zero-order valence-electron chi connectivity index (χ0n) is 10.3. The van der Waals surface area contributed by atoms with Crippen LogP contribution in [0.3, 0.4) is 0 Å². The first-order chi connectivity index (χ1) is 8.60. The first-order valence-corrected chi connectivity index (χ1v) is 5.93. The third-order valence-electron chi connectivity index (χ3n) is 3.20. The molecule has 3 amide bonds. The summed E-state index contributed by atoms with van der Waals surface area (Å²) in [5.74, 6) is -0.500. The molecule has 6 nitrogen and oxygen atoms in total. The molecule has 0 saturated carbocycles. The summed E-state index contributed by atoms with van der Waals surface area (Å²) in [4.78, 5) is 30.4. The Morgan fingerprint density at radius 3 is 3.00 bits per heavy atom. The Morgan fingerprint density at radius 1 is 1.72 bits per heavy atom. The van der Waals surface area contributed by atoms with Crippen LogP contribution in [0.5, 0.6) is 0 Å². The van der Waals surface area contributed by atoms with Crippen LogP contribution < -0.4 is 5.73 Å². The summed E-state index contributed by atoms with van der Waals surface area (Å²) in [5.41, 5.74) is 6.25. The van der Waals surface area contributed by atoms with Gasteiger partial charge in [-0.2, -0.15) is 5.06 Å². The number of hydrogen-bond acceptors (Lipinski definition) is 3. The quantitative estimate of drug-likeness (QED) is 0.719. The molecule has 0 aromatic rings. The fourth-order valence-electron chi connectivity index (χ4n) is 2.43. The van der Waals surface area contributed by atoms with Gasteiger partial charge in [0.2, 0.25) is 5.91 Å². The predicted octanol–water partition coefficient (Wildman–Crippen LogP) is 0.414. The molecule has 1 fully saturated rings. The van der Waals surface area contributed by atoms with E-state index in [1.807, 2.05) is 13.0 Å². The number of carbonyl (C=O) groups excluding carboxylic acids is 2. The van der Waals surface area contributed by atoms with Crippen molar-refractivity contribution in [3.05, 3.63) is 24.3 Å². The minimum absolute atomic E-state index is 0.150. The van der Waals surface area contributed by atoms with Crippen LogP contribution in [0.15, 0.2) is 24.3 Å². The smallest absolute Gasteiger partial charge is 0.345 e. The molecule has 0 radical (unpaired) electrons. The van der Waals surface area contributed by atoms with Crippen molar-refractivity contribution in [3.63, 3.8) is 0 Å². The van der Waals surface area contributed by atoms with Gasteiger partial charge in [0.15, 0.2) is 0 Å². The molecule has 2 heterocycles. The van der Waals surface area contributed by atoms with Crippen LogP contribution in [0.4, 0.5) is 4.79 Å². The molecule has 0 aromatic carbocycles. The van der Waals surface area contributed by atoms with Gasteiger partial charge in [-0.3, -0.25) is 9.63 Å². The van der Waals surface area contributed by atoms with Crippen LogP contribution in [0.2, 0.25) is 0 Å². The minimum atomic E-state index is -0.643. The molecule has 6 heteroatoms. The van der Waals surface area contributed by atoms with Gasteiger partial charge in [0.1, 0.15) is 6.04 Å². The molecule has 2 aliphatic rings. The molecule has 2 rings (SSSR count). The van der Waals surface area contributed by atoms with Gasteiger partial charge in [-0.15, -0.1) is 6.58 Å². The van der Waals surface area contributed by atoms with E-state index in [1.54, 1.807) is 6.08 Å². The highest BCUT2D eigenvalue weighted by molar-refractivity contribution is 5.90. The molecule has 0 aromatic heterocycles. The van der Waals surface area contributed by atoms with Crippen LogP contribution in [0, 0.1) is 0 Å². The van der Waals surface area contributed by atoms with Gasteiger partial charge in [0.05, 0.1) is 19.2 Å². The normalized spacial score (nSPS) is 26.3. The standard InChI is InChI=1S/C12H17N3O3/c1-3-5-18-15-9-6-8(4-2)10(11(13)16)14(7-9)12(15)17/h3,6,9-10H,1,4-5,7H2,2H3,(H2,13,16)/t9?,10-/m0/s1. The number of nitrogens with two attached hydrogens (primary N) is 1. The van der Waals surface area contributed by atoms with Crippen LogP contribution in [-0.4, -0.2) is 47.1 Å². The van der Waals surface area contributed by atoms with E-state index in [9.17, 15) is 9.59 Å². The van der Waals surface area contributed by atoms with E-state index in [0.29, 0.717) is 13.0 Å². The summed E-state index contributed by atoms with van der Waals surface area (Å²) in [6, 6.07) is -1.11. The van der Waals surface area contributed by atoms with Gasteiger partial charge in [0, 0.05) is 0 Å². The van der Waals surface area contributed by atoms with Crippen molar-refractivity contribution in [2.24, 2.45) is 5.73 Å². The second-order valence-corrected chi connectivity index (χ2v) is 4.31. The summed E-state index contributed by atoms with van der Waals surface area (Å²) in [6.45, 7) is 6.17. The maximum absolute atomic E-state index is 12.1. The number of nitrogens with zero attached hydrogens (tertiary/aromatic N) is 2. The van der Waals surface area contributed by atoms with E-state index in [0.717, 1.165) is 5.57 Å². The molecular weight excluding hydrogens is 234 g/mol. The van der Waals surface area contributed by atoms with Gasteiger partial charge in [-0.25, -0.2) is 4.79 Å². The molecule has 2 atom stereocenters. The average molecular weight is 251 g/mol. The second kappa shape index (κ2) is 4.81. The average Bonchev–Trinajstić information content (AvgIpc) is 2.59. The minimum Gasteiger partial charge on any atom is -0.368 e. The molecule has 0 spiro atoms. The van der Waals surface area contributed by atoms with Crippen LogP contribution >= 0.6 is 0 Å². The molecule has 2 N–H and O–H groups in total. The lowest BCUT2D eigenvalue weighted by atomic mass is 9.96. The van der Waals surface area contributed by atoms with E-state index >= 15 is 0 Å². The van der Waals surface area contributed by atoms with Gasteiger partial charge in [0.25, 0.3) is 0 Å². The molecule has 0 aliphatic carbocycles. The maximum Gasteiger partial charge on any atom is 0.345 e. The Labute approximate surface area is 106 Å². The highest BCUT2D eigenvalue weighted by Crippen LogP contribution is 2.30.